The molecule has 0 aromatic carbocycles. The first-order valence-corrected chi connectivity index (χ1v) is 8.42. The molecule has 0 spiro atoms. The number of ether oxygens (including phenoxy) is 4. The van der Waals surface area contributed by atoms with E-state index in [1.54, 1.807) is 0 Å². The highest BCUT2D eigenvalue weighted by atomic mass is 16.6. The van der Waals surface area contributed by atoms with Gasteiger partial charge in [0, 0.05) is 5.92 Å². The lowest BCUT2D eigenvalue weighted by molar-refractivity contribution is 0.254. The quantitative estimate of drug-likeness (QED) is 0.725. The van der Waals surface area contributed by atoms with Gasteiger partial charge < -0.3 is 18.9 Å². The van der Waals surface area contributed by atoms with Crippen molar-refractivity contribution < 1.29 is 18.9 Å². The fourth-order valence-corrected chi connectivity index (χ4v) is 4.29. The van der Waals surface area contributed by atoms with Gasteiger partial charge in [-0.2, -0.15) is 0 Å². The molecule has 4 nitrogen and oxygen atoms in total. The molecule has 6 aliphatic rings. The summed E-state index contributed by atoms with van der Waals surface area (Å²) in [7, 11) is 0. The topological polar surface area (TPSA) is 50.1 Å². The first-order valence-electron chi connectivity index (χ1n) is 8.42. The maximum Gasteiger partial charge on any atom is 0.0895 e. The standard InChI is InChI=1S/2C8H12O2/c1-2-6-7(10-6)3-5(1)8-4-9-8;1-2-5(7-4-9-7)8-6(3-1)10-8/h2*5-8H,1-4H2. The summed E-state index contributed by atoms with van der Waals surface area (Å²) in [6.45, 7) is 2.01. The van der Waals surface area contributed by atoms with Gasteiger partial charge in [0.1, 0.15) is 0 Å². The highest BCUT2D eigenvalue weighted by molar-refractivity contribution is 5.00. The lowest BCUT2D eigenvalue weighted by Gasteiger charge is -2.15. The molecule has 4 heteroatoms. The van der Waals surface area contributed by atoms with E-state index in [2.05, 4.69) is 0 Å². The van der Waals surface area contributed by atoms with Gasteiger partial charge in [0.05, 0.1) is 49.8 Å². The SMILES string of the molecule is C1CC2OC2C(C2CO2)C1.C1CC2OC2CC1C1CO1. The van der Waals surface area contributed by atoms with Crippen molar-refractivity contribution in [1.29, 1.82) is 0 Å². The molecule has 20 heavy (non-hydrogen) atoms. The van der Waals surface area contributed by atoms with E-state index in [4.69, 9.17) is 18.9 Å². The van der Waals surface area contributed by atoms with Crippen LogP contribution in [-0.2, 0) is 18.9 Å². The van der Waals surface area contributed by atoms with E-state index in [1.165, 1.54) is 38.5 Å². The minimum Gasteiger partial charge on any atom is -0.373 e. The number of fused-ring (bicyclic) bond motifs is 2. The summed E-state index contributed by atoms with van der Waals surface area (Å²) in [6, 6.07) is 0. The molecule has 0 radical (unpaired) electrons. The first kappa shape index (κ1) is 12.4. The zero-order chi connectivity index (χ0) is 13.1. The van der Waals surface area contributed by atoms with Crippen molar-refractivity contribution in [2.45, 2.75) is 75.1 Å². The van der Waals surface area contributed by atoms with Crippen LogP contribution < -0.4 is 0 Å². The van der Waals surface area contributed by atoms with Crippen LogP contribution in [0, 0.1) is 11.8 Å². The molecule has 6 rings (SSSR count). The van der Waals surface area contributed by atoms with Crippen molar-refractivity contribution in [3.63, 3.8) is 0 Å². The molecule has 8 atom stereocenters. The van der Waals surface area contributed by atoms with E-state index < -0.39 is 0 Å². The Morgan fingerprint density at radius 2 is 1.50 bits per heavy atom. The maximum atomic E-state index is 5.51. The van der Waals surface area contributed by atoms with E-state index in [0.717, 1.165) is 25.0 Å². The van der Waals surface area contributed by atoms with E-state index >= 15 is 0 Å². The Bertz CT molecular complexity index is 379. The zero-order valence-corrected chi connectivity index (χ0v) is 11.9. The summed E-state index contributed by atoms with van der Waals surface area (Å²) in [5, 5.41) is 0. The minimum absolute atomic E-state index is 0.579. The summed E-state index contributed by atoms with van der Waals surface area (Å²) in [6.07, 6.45) is 11.6. The Kier molecular flexibility index (Phi) is 2.89. The van der Waals surface area contributed by atoms with Crippen molar-refractivity contribution in [1.82, 2.24) is 0 Å². The number of epoxide rings is 4. The smallest absolute Gasteiger partial charge is 0.0895 e. The van der Waals surface area contributed by atoms with Gasteiger partial charge in [0.25, 0.3) is 0 Å². The normalized spacial score (nSPS) is 57.6. The third-order valence-electron chi connectivity index (χ3n) is 5.84. The Morgan fingerprint density at radius 1 is 0.650 bits per heavy atom. The van der Waals surface area contributed by atoms with Crippen molar-refractivity contribution in [2.24, 2.45) is 11.8 Å². The van der Waals surface area contributed by atoms with Crippen LogP contribution in [-0.4, -0.2) is 49.8 Å². The molecule has 4 heterocycles. The third kappa shape index (κ3) is 2.52. The van der Waals surface area contributed by atoms with Crippen molar-refractivity contribution in [3.8, 4) is 0 Å². The summed E-state index contributed by atoms with van der Waals surface area (Å²) in [5.74, 6) is 1.60. The maximum absolute atomic E-state index is 5.51. The second kappa shape index (κ2) is 4.67. The lowest BCUT2D eigenvalue weighted by Crippen LogP contribution is -2.21. The number of hydrogen-bond donors (Lipinski definition) is 0. The molecule has 0 N–H and O–H groups in total. The molecule has 112 valence electrons. The predicted octanol–water partition coefficient (Wildman–Crippen LogP) is 1.91. The number of hydrogen-bond acceptors (Lipinski definition) is 4. The van der Waals surface area contributed by atoms with Crippen LogP contribution in [0.2, 0.25) is 0 Å². The third-order valence-corrected chi connectivity index (χ3v) is 5.84. The second-order valence-corrected chi connectivity index (χ2v) is 7.26. The van der Waals surface area contributed by atoms with Crippen LogP contribution in [0.1, 0.15) is 38.5 Å². The molecule has 4 aliphatic heterocycles. The van der Waals surface area contributed by atoms with Gasteiger partial charge in [-0.15, -0.1) is 0 Å². The van der Waals surface area contributed by atoms with Crippen LogP contribution in [0.4, 0.5) is 0 Å². The average Bonchev–Trinajstić information content (AvgIpc) is 3.39. The van der Waals surface area contributed by atoms with Crippen LogP contribution in [0.3, 0.4) is 0 Å². The Hall–Kier alpha value is -0.160. The first-order chi connectivity index (χ1) is 9.88. The van der Waals surface area contributed by atoms with Crippen molar-refractivity contribution in [3.05, 3.63) is 0 Å². The zero-order valence-electron chi connectivity index (χ0n) is 11.9. The van der Waals surface area contributed by atoms with E-state index in [0.29, 0.717) is 36.6 Å². The molecule has 0 aromatic rings. The molecule has 8 unspecified atom stereocenters. The summed E-state index contributed by atoms with van der Waals surface area (Å²) in [4.78, 5) is 0. The molecule has 2 aliphatic carbocycles. The van der Waals surface area contributed by atoms with Gasteiger partial charge in [-0.1, -0.05) is 6.42 Å². The van der Waals surface area contributed by atoms with E-state index in [-0.39, 0.29) is 0 Å². The highest BCUT2D eigenvalue weighted by Gasteiger charge is 2.53. The van der Waals surface area contributed by atoms with Gasteiger partial charge >= 0.3 is 0 Å². The predicted molar refractivity (Wildman–Crippen MR) is 71.5 cm³/mol. The molecule has 0 amide bonds. The summed E-state index contributed by atoms with van der Waals surface area (Å²) < 4.78 is 21.5. The van der Waals surface area contributed by atoms with Gasteiger partial charge in [0.15, 0.2) is 0 Å². The van der Waals surface area contributed by atoms with Crippen LogP contribution in [0.15, 0.2) is 0 Å². The van der Waals surface area contributed by atoms with Crippen molar-refractivity contribution >= 4 is 0 Å². The molecule has 0 bridgehead atoms. The van der Waals surface area contributed by atoms with E-state index in [9.17, 15) is 0 Å². The number of rotatable bonds is 2. The fourth-order valence-electron chi connectivity index (χ4n) is 4.29. The minimum atomic E-state index is 0.579. The largest absolute Gasteiger partial charge is 0.373 e. The van der Waals surface area contributed by atoms with Crippen LogP contribution >= 0.6 is 0 Å². The fraction of sp³-hybridized carbons (Fsp3) is 1.00. The van der Waals surface area contributed by atoms with Gasteiger partial charge in [-0.25, -0.2) is 0 Å². The monoisotopic (exact) mass is 280 g/mol. The van der Waals surface area contributed by atoms with Gasteiger partial charge in [0.2, 0.25) is 0 Å². The lowest BCUT2D eigenvalue weighted by atomic mass is 9.87. The van der Waals surface area contributed by atoms with Crippen molar-refractivity contribution in [2.75, 3.05) is 13.2 Å². The summed E-state index contributed by atoms with van der Waals surface area (Å²) in [5.41, 5.74) is 0. The molecule has 6 fully saturated rings. The molecule has 4 saturated heterocycles. The second-order valence-electron chi connectivity index (χ2n) is 7.26. The molecule has 0 aromatic heterocycles. The average molecular weight is 280 g/mol. The Balaban J connectivity index is 0.0000000960. The van der Waals surface area contributed by atoms with Gasteiger partial charge in [-0.3, -0.25) is 0 Å². The molecular formula is C16H24O4. The molecule has 2 saturated carbocycles. The highest BCUT2D eigenvalue weighted by Crippen LogP contribution is 2.45. The summed E-state index contributed by atoms with van der Waals surface area (Å²) >= 11 is 0. The van der Waals surface area contributed by atoms with Crippen LogP contribution in [0.25, 0.3) is 0 Å². The molecular weight excluding hydrogens is 256 g/mol. The van der Waals surface area contributed by atoms with Crippen LogP contribution in [0.5, 0.6) is 0 Å². The van der Waals surface area contributed by atoms with E-state index in [1.807, 2.05) is 0 Å². The Labute approximate surface area is 120 Å². The Morgan fingerprint density at radius 3 is 2.25 bits per heavy atom. The van der Waals surface area contributed by atoms with Gasteiger partial charge in [-0.05, 0) is 38.0 Å².